The van der Waals surface area contributed by atoms with Crippen LogP contribution in [0.3, 0.4) is 0 Å². The Morgan fingerprint density at radius 2 is 1.94 bits per heavy atom. The molecule has 102 valence electrons. The van der Waals surface area contributed by atoms with Gasteiger partial charge in [0.2, 0.25) is 0 Å². The molecular formula is C13H18BrF2NO. The Labute approximate surface area is 115 Å². The van der Waals surface area contributed by atoms with Gasteiger partial charge >= 0.3 is 0 Å². The normalized spacial score (nSPS) is 11.2. The largest absolute Gasteiger partial charge is 0.396 e. The number of halogens is 3. The predicted octanol–water partition coefficient (Wildman–Crippen LogP) is 3.32. The van der Waals surface area contributed by atoms with Crippen LogP contribution >= 0.6 is 15.9 Å². The molecule has 0 saturated heterocycles. The molecule has 0 spiro atoms. The summed E-state index contributed by atoms with van der Waals surface area (Å²) in [6.45, 7) is 1.19. The van der Waals surface area contributed by atoms with Crippen LogP contribution in [0.5, 0.6) is 0 Å². The molecule has 1 rings (SSSR count). The first kappa shape index (κ1) is 15.5. The highest BCUT2D eigenvalue weighted by atomic mass is 79.9. The number of benzene rings is 1. The molecule has 0 aliphatic rings. The van der Waals surface area contributed by atoms with E-state index in [2.05, 4.69) is 15.9 Å². The van der Waals surface area contributed by atoms with E-state index < -0.39 is 11.6 Å². The van der Waals surface area contributed by atoms with Crippen LogP contribution in [-0.4, -0.2) is 30.2 Å². The van der Waals surface area contributed by atoms with E-state index in [0.29, 0.717) is 0 Å². The Kier molecular flexibility index (Phi) is 6.75. The van der Waals surface area contributed by atoms with Gasteiger partial charge in [0.15, 0.2) is 0 Å². The summed E-state index contributed by atoms with van der Waals surface area (Å²) in [5.41, 5.74) is 0.0917. The van der Waals surface area contributed by atoms with Gasteiger partial charge in [-0.25, -0.2) is 8.78 Å². The van der Waals surface area contributed by atoms with Crippen molar-refractivity contribution in [3.63, 3.8) is 0 Å². The molecule has 0 unspecified atom stereocenters. The van der Waals surface area contributed by atoms with Gasteiger partial charge in [0.25, 0.3) is 0 Å². The van der Waals surface area contributed by atoms with Gasteiger partial charge in [0.05, 0.1) is 4.47 Å². The highest BCUT2D eigenvalue weighted by Gasteiger charge is 2.13. The summed E-state index contributed by atoms with van der Waals surface area (Å²) in [7, 11) is 1.83. The SMILES string of the molecule is CN(CCCCCO)Cc1c(F)ccc(Br)c1F. The van der Waals surface area contributed by atoms with Gasteiger partial charge in [-0.05, 0) is 60.9 Å². The third-order valence-corrected chi connectivity index (χ3v) is 3.38. The second-order valence-electron chi connectivity index (χ2n) is 4.34. The van der Waals surface area contributed by atoms with E-state index >= 15 is 0 Å². The average molecular weight is 322 g/mol. The second-order valence-corrected chi connectivity index (χ2v) is 5.20. The molecule has 0 radical (unpaired) electrons. The fourth-order valence-electron chi connectivity index (χ4n) is 1.73. The lowest BCUT2D eigenvalue weighted by atomic mass is 10.1. The van der Waals surface area contributed by atoms with Crippen molar-refractivity contribution in [1.29, 1.82) is 0 Å². The third-order valence-electron chi connectivity index (χ3n) is 2.76. The van der Waals surface area contributed by atoms with Crippen LogP contribution in [0, 0.1) is 11.6 Å². The fourth-order valence-corrected chi connectivity index (χ4v) is 2.10. The molecule has 0 atom stereocenters. The summed E-state index contributed by atoms with van der Waals surface area (Å²) in [5.74, 6) is -1.05. The number of aliphatic hydroxyl groups excluding tert-OH is 1. The summed E-state index contributed by atoms with van der Waals surface area (Å²) >= 11 is 3.06. The van der Waals surface area contributed by atoms with Gasteiger partial charge < -0.3 is 10.0 Å². The van der Waals surface area contributed by atoms with E-state index in [4.69, 9.17) is 5.11 Å². The summed E-state index contributed by atoms with van der Waals surface area (Å²) in [4.78, 5) is 1.88. The highest BCUT2D eigenvalue weighted by Crippen LogP contribution is 2.22. The second kappa shape index (κ2) is 7.81. The first-order chi connectivity index (χ1) is 8.56. The van der Waals surface area contributed by atoms with Crippen molar-refractivity contribution in [3.05, 3.63) is 33.8 Å². The van der Waals surface area contributed by atoms with Crippen LogP contribution in [0.15, 0.2) is 16.6 Å². The van der Waals surface area contributed by atoms with Crippen LogP contribution in [-0.2, 0) is 6.54 Å². The lowest BCUT2D eigenvalue weighted by molar-refractivity contribution is 0.269. The van der Waals surface area contributed by atoms with E-state index in [0.717, 1.165) is 25.8 Å². The van der Waals surface area contributed by atoms with E-state index in [1.54, 1.807) is 0 Å². The maximum atomic E-state index is 13.7. The van der Waals surface area contributed by atoms with Gasteiger partial charge in [0, 0.05) is 18.7 Å². The van der Waals surface area contributed by atoms with Gasteiger partial charge in [-0.15, -0.1) is 0 Å². The van der Waals surface area contributed by atoms with Crippen molar-refractivity contribution in [3.8, 4) is 0 Å². The molecule has 2 nitrogen and oxygen atoms in total. The minimum Gasteiger partial charge on any atom is -0.396 e. The summed E-state index contributed by atoms with van der Waals surface area (Å²) in [6, 6.07) is 2.64. The molecule has 0 aliphatic heterocycles. The Morgan fingerprint density at radius 3 is 2.61 bits per heavy atom. The predicted molar refractivity (Wildman–Crippen MR) is 71.3 cm³/mol. The molecule has 18 heavy (non-hydrogen) atoms. The third kappa shape index (κ3) is 4.63. The lowest BCUT2D eigenvalue weighted by Crippen LogP contribution is -2.20. The molecular weight excluding hydrogens is 304 g/mol. The quantitative estimate of drug-likeness (QED) is 0.615. The molecule has 0 aromatic heterocycles. The number of aliphatic hydroxyl groups is 1. The van der Waals surface area contributed by atoms with Crippen molar-refractivity contribution in [2.24, 2.45) is 0 Å². The van der Waals surface area contributed by atoms with Crippen LogP contribution < -0.4 is 0 Å². The van der Waals surface area contributed by atoms with Crippen molar-refractivity contribution in [1.82, 2.24) is 4.90 Å². The lowest BCUT2D eigenvalue weighted by Gasteiger charge is -2.17. The maximum Gasteiger partial charge on any atom is 0.144 e. The summed E-state index contributed by atoms with van der Waals surface area (Å²) < 4.78 is 27.5. The molecule has 0 saturated carbocycles. The monoisotopic (exact) mass is 321 g/mol. The molecule has 0 amide bonds. The molecule has 1 aromatic carbocycles. The zero-order valence-corrected chi connectivity index (χ0v) is 12.0. The molecule has 0 aliphatic carbocycles. The molecule has 5 heteroatoms. The van der Waals surface area contributed by atoms with Crippen LogP contribution in [0.25, 0.3) is 0 Å². The molecule has 1 N–H and O–H groups in total. The number of rotatable bonds is 7. The summed E-state index contributed by atoms with van der Waals surface area (Å²) in [6.07, 6.45) is 2.60. The van der Waals surface area contributed by atoms with Gasteiger partial charge in [-0.2, -0.15) is 0 Å². The molecule has 0 fully saturated rings. The first-order valence-corrected chi connectivity index (χ1v) is 6.77. The van der Waals surface area contributed by atoms with Crippen molar-refractivity contribution in [2.45, 2.75) is 25.8 Å². The first-order valence-electron chi connectivity index (χ1n) is 5.98. The van der Waals surface area contributed by atoms with Gasteiger partial charge in [0.1, 0.15) is 11.6 Å². The van der Waals surface area contributed by atoms with Crippen molar-refractivity contribution in [2.75, 3.05) is 20.2 Å². The Morgan fingerprint density at radius 1 is 1.22 bits per heavy atom. The van der Waals surface area contributed by atoms with Crippen LogP contribution in [0.4, 0.5) is 8.78 Å². The fraction of sp³-hybridized carbons (Fsp3) is 0.538. The van der Waals surface area contributed by atoms with E-state index in [-0.39, 0.29) is 23.2 Å². The Bertz CT molecular complexity index is 387. The number of hydrogen-bond acceptors (Lipinski definition) is 2. The molecule has 1 aromatic rings. The number of nitrogens with zero attached hydrogens (tertiary/aromatic N) is 1. The van der Waals surface area contributed by atoms with Crippen molar-refractivity contribution < 1.29 is 13.9 Å². The zero-order valence-electron chi connectivity index (χ0n) is 10.4. The Balaban J connectivity index is 2.54. The van der Waals surface area contributed by atoms with Crippen LogP contribution in [0.1, 0.15) is 24.8 Å². The van der Waals surface area contributed by atoms with Crippen molar-refractivity contribution >= 4 is 15.9 Å². The number of hydrogen-bond donors (Lipinski definition) is 1. The Hall–Kier alpha value is -0.520. The van der Waals surface area contributed by atoms with E-state index in [1.165, 1.54) is 12.1 Å². The summed E-state index contributed by atoms with van der Waals surface area (Å²) in [5, 5.41) is 8.65. The zero-order chi connectivity index (χ0) is 13.5. The number of unbranched alkanes of at least 4 members (excludes halogenated alkanes) is 2. The van der Waals surface area contributed by atoms with E-state index in [9.17, 15) is 8.78 Å². The van der Waals surface area contributed by atoms with Gasteiger partial charge in [-0.1, -0.05) is 0 Å². The topological polar surface area (TPSA) is 23.5 Å². The minimum atomic E-state index is -0.530. The smallest absolute Gasteiger partial charge is 0.144 e. The molecule has 0 bridgehead atoms. The minimum absolute atomic E-state index is 0.0917. The average Bonchev–Trinajstić information content (AvgIpc) is 2.35. The van der Waals surface area contributed by atoms with E-state index in [1.807, 2.05) is 11.9 Å². The molecule has 0 heterocycles. The van der Waals surface area contributed by atoms with Crippen LogP contribution in [0.2, 0.25) is 0 Å². The standard InChI is InChI=1S/C13H18BrF2NO/c1-17(7-3-2-4-8-18)9-10-12(15)6-5-11(14)13(10)16/h5-6,18H,2-4,7-9H2,1H3. The highest BCUT2D eigenvalue weighted by molar-refractivity contribution is 9.10. The van der Waals surface area contributed by atoms with Gasteiger partial charge in [-0.3, -0.25) is 0 Å². The maximum absolute atomic E-state index is 13.7.